The molecule has 3 amide bonds. The summed E-state index contributed by atoms with van der Waals surface area (Å²) < 4.78 is 5.30. The molecule has 10 nitrogen and oxygen atoms in total. The number of halogens is 1. The number of carbonyl (C=O) groups is 3. The number of aromatic amines is 1. The quantitative estimate of drug-likeness (QED) is 0.245. The van der Waals surface area contributed by atoms with Crippen molar-refractivity contribution < 1.29 is 19.1 Å². The van der Waals surface area contributed by atoms with Crippen LogP contribution in [-0.2, 0) is 33.8 Å². The molecule has 2 aliphatic heterocycles. The summed E-state index contributed by atoms with van der Waals surface area (Å²) in [6, 6.07) is 24.3. The summed E-state index contributed by atoms with van der Waals surface area (Å²) in [4.78, 5) is 54.3. The smallest absolute Gasteiger partial charge is 0.250 e. The highest BCUT2D eigenvalue weighted by Crippen LogP contribution is 2.40. The number of hydrogen-bond acceptors (Lipinski definition) is 6. The zero-order valence-corrected chi connectivity index (χ0v) is 27.2. The predicted molar refractivity (Wildman–Crippen MR) is 180 cm³/mol. The fraction of sp³-hybridized carbons (Fsp3) is 0.333. The molecule has 0 radical (unpaired) electrons. The number of imidazole rings is 1. The second-order valence-corrected chi connectivity index (χ2v) is 12.6. The maximum Gasteiger partial charge on any atom is 0.250 e. The lowest BCUT2D eigenvalue weighted by atomic mass is 9.85. The van der Waals surface area contributed by atoms with Gasteiger partial charge in [-0.25, -0.2) is 4.98 Å². The predicted octanol–water partition coefficient (Wildman–Crippen LogP) is 4.60. The number of rotatable bonds is 11. The molecule has 0 unspecified atom stereocenters. The molecular weight excluding hydrogens is 616 g/mol. The van der Waals surface area contributed by atoms with Gasteiger partial charge in [0.05, 0.1) is 20.1 Å². The van der Waals surface area contributed by atoms with Crippen molar-refractivity contribution >= 4 is 35.0 Å². The molecular formula is C36H39ClN6O4. The Morgan fingerprint density at radius 3 is 2.47 bits per heavy atom. The van der Waals surface area contributed by atoms with Gasteiger partial charge >= 0.3 is 0 Å². The van der Waals surface area contributed by atoms with Crippen LogP contribution < -0.4 is 15.0 Å². The minimum atomic E-state index is -0.782. The first-order valence-electron chi connectivity index (χ1n) is 15.9. The van der Waals surface area contributed by atoms with Crippen molar-refractivity contribution in [2.75, 3.05) is 31.8 Å². The summed E-state index contributed by atoms with van der Waals surface area (Å²) in [5, 5.41) is 3.64. The normalized spacial score (nSPS) is 16.4. The van der Waals surface area contributed by atoms with Gasteiger partial charge in [-0.15, -0.1) is 0 Å². The number of amides is 3. The number of anilines is 1. The van der Waals surface area contributed by atoms with Crippen LogP contribution in [0.3, 0.4) is 0 Å². The van der Waals surface area contributed by atoms with Crippen LogP contribution in [0.4, 0.5) is 5.69 Å². The fourth-order valence-corrected chi connectivity index (χ4v) is 6.84. The Hall–Kier alpha value is -4.83. The van der Waals surface area contributed by atoms with Crippen molar-refractivity contribution in [3.8, 4) is 5.75 Å². The van der Waals surface area contributed by atoms with Crippen LogP contribution in [0.2, 0.25) is 5.02 Å². The maximum absolute atomic E-state index is 14.2. The summed E-state index contributed by atoms with van der Waals surface area (Å²) in [7, 11) is 1.61. The van der Waals surface area contributed by atoms with Crippen molar-refractivity contribution in [2.24, 2.45) is 0 Å². The van der Waals surface area contributed by atoms with E-state index in [1.807, 2.05) is 83.8 Å². The zero-order chi connectivity index (χ0) is 32.8. The van der Waals surface area contributed by atoms with Crippen molar-refractivity contribution in [3.05, 3.63) is 113 Å². The summed E-state index contributed by atoms with van der Waals surface area (Å²) in [5.74, 6) is 0.404. The van der Waals surface area contributed by atoms with Crippen molar-refractivity contribution in [1.29, 1.82) is 0 Å². The number of benzene rings is 3. The molecule has 2 saturated heterocycles. The zero-order valence-electron chi connectivity index (χ0n) is 26.4. The highest BCUT2D eigenvalue weighted by atomic mass is 35.5. The van der Waals surface area contributed by atoms with Gasteiger partial charge in [0.2, 0.25) is 17.7 Å². The number of aromatic nitrogens is 2. The number of piperidine rings is 1. The van der Waals surface area contributed by atoms with Gasteiger partial charge in [-0.3, -0.25) is 14.4 Å². The van der Waals surface area contributed by atoms with Crippen LogP contribution in [-0.4, -0.2) is 75.9 Å². The Kier molecular flexibility index (Phi) is 9.77. The summed E-state index contributed by atoms with van der Waals surface area (Å²) in [5.41, 5.74) is 2.91. The second kappa shape index (κ2) is 14.3. The van der Waals surface area contributed by atoms with E-state index in [0.717, 1.165) is 28.3 Å². The number of carbonyl (C=O) groups excluding carboxylic acids is 3. The number of H-pyrrole nitrogens is 1. The van der Waals surface area contributed by atoms with E-state index >= 15 is 0 Å². The van der Waals surface area contributed by atoms with E-state index in [4.69, 9.17) is 16.3 Å². The van der Waals surface area contributed by atoms with E-state index in [1.165, 1.54) is 0 Å². The van der Waals surface area contributed by atoms with E-state index in [-0.39, 0.29) is 24.1 Å². The average molecular weight is 655 g/mol. The number of ether oxygens (including phenoxy) is 1. The maximum atomic E-state index is 14.2. The van der Waals surface area contributed by atoms with Crippen LogP contribution >= 0.6 is 11.6 Å². The largest absolute Gasteiger partial charge is 0.497 e. The van der Waals surface area contributed by atoms with Crippen LogP contribution in [0.15, 0.2) is 91.4 Å². The summed E-state index contributed by atoms with van der Waals surface area (Å²) in [6.07, 6.45) is 5.27. The molecule has 2 N–H and O–H groups in total. The Morgan fingerprint density at radius 2 is 1.79 bits per heavy atom. The van der Waals surface area contributed by atoms with Gasteiger partial charge in [0.25, 0.3) is 0 Å². The molecule has 0 saturated carbocycles. The van der Waals surface area contributed by atoms with E-state index in [9.17, 15) is 14.4 Å². The fourth-order valence-electron chi connectivity index (χ4n) is 6.63. The Labute approximate surface area is 279 Å². The molecule has 1 spiro atoms. The molecule has 0 aliphatic carbocycles. The third-order valence-electron chi connectivity index (χ3n) is 9.16. The molecule has 1 atom stereocenters. The number of methoxy groups -OCH3 is 1. The molecule has 2 fully saturated rings. The van der Waals surface area contributed by atoms with Gasteiger partial charge in [-0.2, -0.15) is 0 Å². The Balaban J connectivity index is 1.19. The first kappa shape index (κ1) is 32.1. The molecule has 3 heterocycles. The number of hydrogen-bond donors (Lipinski definition) is 2. The molecule has 47 heavy (non-hydrogen) atoms. The summed E-state index contributed by atoms with van der Waals surface area (Å²) >= 11 is 6.25. The minimum Gasteiger partial charge on any atom is -0.497 e. The van der Waals surface area contributed by atoms with Gasteiger partial charge in [0.15, 0.2) is 0 Å². The standard InChI is InChI=1S/C36H39ClN6O4/c1-47-31-13-10-26(11-14-31)21-32(40-33(44)15-12-29-22-38-24-39-29)34(45)41-18-16-36(17-19-41)35(46)42(23-27-6-5-7-28(37)20-27)25-43(36)30-8-3-2-4-9-30/h2-11,13-14,20,22,24,32H,12,15-19,21,23,25H2,1H3,(H,38,39)(H,40,44)/t32-/m1/s1. The van der Waals surface area contributed by atoms with E-state index in [2.05, 4.69) is 20.2 Å². The van der Waals surface area contributed by atoms with E-state index in [0.29, 0.717) is 57.0 Å². The molecule has 0 bridgehead atoms. The monoisotopic (exact) mass is 654 g/mol. The first-order chi connectivity index (χ1) is 22.8. The number of nitrogens with zero attached hydrogens (tertiary/aromatic N) is 4. The van der Waals surface area contributed by atoms with Crippen molar-refractivity contribution in [2.45, 2.75) is 50.2 Å². The van der Waals surface area contributed by atoms with Gasteiger partial charge in [0.1, 0.15) is 17.3 Å². The number of likely N-dealkylation sites (tertiary alicyclic amines) is 1. The molecule has 6 rings (SSSR count). The van der Waals surface area contributed by atoms with Crippen LogP contribution in [0.25, 0.3) is 0 Å². The topological polar surface area (TPSA) is 111 Å². The van der Waals surface area contributed by atoms with Gasteiger partial charge in [0, 0.05) is 55.1 Å². The number of para-hydroxylation sites is 1. The van der Waals surface area contributed by atoms with Crippen LogP contribution in [0.1, 0.15) is 36.1 Å². The third-order valence-corrected chi connectivity index (χ3v) is 9.39. The molecule has 1 aromatic heterocycles. The Bertz CT molecular complexity index is 1670. The van der Waals surface area contributed by atoms with E-state index in [1.54, 1.807) is 24.5 Å². The highest BCUT2D eigenvalue weighted by Gasteiger charge is 2.54. The lowest BCUT2D eigenvalue weighted by molar-refractivity contribution is -0.141. The molecule has 11 heteroatoms. The summed E-state index contributed by atoms with van der Waals surface area (Å²) in [6.45, 7) is 1.67. The lowest BCUT2D eigenvalue weighted by Gasteiger charge is -2.44. The first-order valence-corrected chi connectivity index (χ1v) is 16.3. The van der Waals surface area contributed by atoms with Gasteiger partial charge in [-0.1, -0.05) is 54.1 Å². The lowest BCUT2D eigenvalue weighted by Crippen LogP contribution is -2.59. The van der Waals surface area contributed by atoms with Crippen LogP contribution in [0.5, 0.6) is 5.75 Å². The SMILES string of the molecule is COc1ccc(C[C@@H](NC(=O)CCc2cnc[nH]2)C(=O)N2CCC3(CC2)C(=O)N(Cc2cccc(Cl)c2)CN3c2ccccc2)cc1. The molecule has 2 aliphatic rings. The molecule has 244 valence electrons. The number of nitrogens with one attached hydrogen (secondary N) is 2. The van der Waals surface area contributed by atoms with Gasteiger partial charge in [-0.05, 0) is 66.8 Å². The van der Waals surface area contributed by atoms with Crippen molar-refractivity contribution in [1.82, 2.24) is 25.1 Å². The third kappa shape index (κ3) is 7.28. The highest BCUT2D eigenvalue weighted by molar-refractivity contribution is 6.30. The molecule has 3 aromatic carbocycles. The second-order valence-electron chi connectivity index (χ2n) is 12.1. The van der Waals surface area contributed by atoms with E-state index < -0.39 is 11.6 Å². The molecule has 4 aromatic rings. The number of aryl methyl sites for hydroxylation is 1. The Morgan fingerprint density at radius 1 is 1.02 bits per heavy atom. The van der Waals surface area contributed by atoms with Gasteiger partial charge < -0.3 is 29.7 Å². The van der Waals surface area contributed by atoms with Crippen LogP contribution in [0, 0.1) is 0 Å². The van der Waals surface area contributed by atoms with Crippen molar-refractivity contribution in [3.63, 3.8) is 0 Å². The average Bonchev–Trinajstić information content (AvgIpc) is 3.71. The minimum absolute atomic E-state index is 0.0512.